The van der Waals surface area contributed by atoms with E-state index in [1.54, 1.807) is 24.0 Å². The minimum absolute atomic E-state index is 0.108. The summed E-state index contributed by atoms with van der Waals surface area (Å²) in [5, 5.41) is 2.90. The number of para-hydroxylation sites is 1. The highest BCUT2D eigenvalue weighted by molar-refractivity contribution is 5.87. The summed E-state index contributed by atoms with van der Waals surface area (Å²) in [5.41, 5.74) is 0.971. The minimum atomic E-state index is -0.575. The van der Waals surface area contributed by atoms with Crippen LogP contribution in [0.1, 0.15) is 32.3 Å². The molecule has 0 heterocycles. The molecule has 144 valence electrons. The summed E-state index contributed by atoms with van der Waals surface area (Å²) in [4.78, 5) is 26.9. The van der Waals surface area contributed by atoms with E-state index in [4.69, 9.17) is 4.74 Å². The van der Waals surface area contributed by atoms with Crippen LogP contribution in [0.2, 0.25) is 0 Å². The first-order valence-electron chi connectivity index (χ1n) is 9.40. The van der Waals surface area contributed by atoms with Gasteiger partial charge in [0.15, 0.2) is 6.61 Å². The van der Waals surface area contributed by atoms with Crippen LogP contribution in [-0.4, -0.2) is 35.9 Å². The van der Waals surface area contributed by atoms with Crippen molar-refractivity contribution in [2.75, 3.05) is 13.2 Å². The lowest BCUT2D eigenvalue weighted by atomic mass is 10.1. The first-order valence-corrected chi connectivity index (χ1v) is 9.40. The van der Waals surface area contributed by atoms with Gasteiger partial charge in [0.1, 0.15) is 11.8 Å². The van der Waals surface area contributed by atoms with Crippen molar-refractivity contribution in [3.8, 4) is 5.75 Å². The summed E-state index contributed by atoms with van der Waals surface area (Å²) in [6, 6.07) is 18.3. The molecule has 0 aromatic heterocycles. The lowest BCUT2D eigenvalue weighted by molar-refractivity contribution is -0.142. The first kappa shape index (κ1) is 20.5. The molecule has 1 atom stereocenters. The van der Waals surface area contributed by atoms with Crippen LogP contribution in [0.15, 0.2) is 60.7 Å². The number of carbonyl (C=O) groups is 2. The highest BCUT2D eigenvalue weighted by Gasteiger charge is 2.26. The first-order chi connectivity index (χ1) is 13.1. The Kier molecular flexibility index (Phi) is 8.36. The Balaban J connectivity index is 2.05. The molecule has 0 saturated heterocycles. The quantitative estimate of drug-likeness (QED) is 0.654. The largest absolute Gasteiger partial charge is 0.484 e. The van der Waals surface area contributed by atoms with E-state index in [9.17, 15) is 9.59 Å². The summed E-state index contributed by atoms with van der Waals surface area (Å²) in [6.07, 6.45) is 1.93. The van der Waals surface area contributed by atoms with Gasteiger partial charge < -0.3 is 15.0 Å². The van der Waals surface area contributed by atoms with Crippen molar-refractivity contribution >= 4 is 11.8 Å². The van der Waals surface area contributed by atoms with Gasteiger partial charge in [0.25, 0.3) is 5.91 Å². The minimum Gasteiger partial charge on any atom is -0.484 e. The molecule has 2 aromatic rings. The fourth-order valence-electron chi connectivity index (χ4n) is 2.64. The number of nitrogens with zero attached hydrogens (tertiary/aromatic N) is 1. The highest BCUT2D eigenvalue weighted by Crippen LogP contribution is 2.12. The Morgan fingerprint density at radius 3 is 2.30 bits per heavy atom. The van der Waals surface area contributed by atoms with E-state index < -0.39 is 6.04 Å². The Labute approximate surface area is 161 Å². The molecule has 0 aliphatic rings. The molecule has 0 radical (unpaired) electrons. The molecule has 0 aliphatic heterocycles. The molecular formula is C22H28N2O3. The Bertz CT molecular complexity index is 704. The zero-order valence-corrected chi connectivity index (χ0v) is 16.1. The fourth-order valence-corrected chi connectivity index (χ4v) is 2.64. The molecule has 2 rings (SSSR count). The van der Waals surface area contributed by atoms with E-state index in [1.165, 1.54) is 0 Å². The number of nitrogens with one attached hydrogen (secondary N) is 1. The van der Waals surface area contributed by atoms with Gasteiger partial charge in [-0.3, -0.25) is 9.59 Å². The summed E-state index contributed by atoms with van der Waals surface area (Å²) in [6.45, 7) is 4.70. The fraction of sp³-hybridized carbons (Fsp3) is 0.364. The average molecular weight is 368 g/mol. The Hall–Kier alpha value is -2.82. The lowest BCUT2D eigenvalue weighted by Gasteiger charge is -2.28. The normalized spacial score (nSPS) is 11.5. The van der Waals surface area contributed by atoms with Gasteiger partial charge >= 0.3 is 0 Å². The molecule has 0 aliphatic carbocycles. The second kappa shape index (κ2) is 11.0. The van der Waals surface area contributed by atoms with Gasteiger partial charge in [-0.25, -0.2) is 0 Å². The smallest absolute Gasteiger partial charge is 0.261 e. The number of hydrogen-bond donors (Lipinski definition) is 1. The number of amides is 2. The van der Waals surface area contributed by atoms with Crippen molar-refractivity contribution in [2.24, 2.45) is 0 Å². The van der Waals surface area contributed by atoms with E-state index in [-0.39, 0.29) is 18.4 Å². The van der Waals surface area contributed by atoms with Crippen molar-refractivity contribution in [3.05, 3.63) is 66.2 Å². The van der Waals surface area contributed by atoms with Crippen molar-refractivity contribution in [3.63, 3.8) is 0 Å². The second-order valence-corrected chi connectivity index (χ2v) is 6.43. The standard InChI is InChI=1S/C22H28N2O3/c1-3-4-15-23-22(26)18(2)24(16-19-11-7-5-8-12-19)21(25)17-27-20-13-9-6-10-14-20/h5-14,18H,3-4,15-17H2,1-2H3,(H,23,26)/t18-/m0/s1. The number of unbranched alkanes of at least 4 members (excludes halogenated alkanes) is 1. The molecule has 0 fully saturated rings. The molecule has 2 amide bonds. The summed E-state index contributed by atoms with van der Waals surface area (Å²) < 4.78 is 5.59. The van der Waals surface area contributed by atoms with Crippen molar-refractivity contribution in [1.82, 2.24) is 10.2 Å². The number of hydrogen-bond acceptors (Lipinski definition) is 3. The molecule has 1 N–H and O–H groups in total. The maximum atomic E-state index is 12.8. The van der Waals surface area contributed by atoms with Crippen LogP contribution in [0.25, 0.3) is 0 Å². The molecule has 5 nitrogen and oxygen atoms in total. The lowest BCUT2D eigenvalue weighted by Crippen LogP contribution is -2.49. The third kappa shape index (κ3) is 6.77. The van der Waals surface area contributed by atoms with E-state index in [0.717, 1.165) is 18.4 Å². The number of rotatable bonds is 10. The Morgan fingerprint density at radius 2 is 1.67 bits per heavy atom. The Morgan fingerprint density at radius 1 is 1.04 bits per heavy atom. The topological polar surface area (TPSA) is 58.6 Å². The van der Waals surface area contributed by atoms with Crippen LogP contribution >= 0.6 is 0 Å². The molecule has 0 bridgehead atoms. The molecule has 0 unspecified atom stereocenters. The summed E-state index contributed by atoms with van der Waals surface area (Å²) in [7, 11) is 0. The maximum Gasteiger partial charge on any atom is 0.261 e. The highest BCUT2D eigenvalue weighted by atomic mass is 16.5. The van der Waals surface area contributed by atoms with Crippen molar-refractivity contribution in [1.29, 1.82) is 0 Å². The molecule has 5 heteroatoms. The summed E-state index contributed by atoms with van der Waals surface area (Å²) in [5.74, 6) is 0.263. The molecule has 0 spiro atoms. The number of ether oxygens (including phenoxy) is 1. The molecule has 2 aromatic carbocycles. The van der Waals surface area contributed by atoms with Gasteiger partial charge in [-0.1, -0.05) is 61.9 Å². The van der Waals surface area contributed by atoms with E-state index in [2.05, 4.69) is 12.2 Å². The van der Waals surface area contributed by atoms with Crippen LogP contribution in [0.3, 0.4) is 0 Å². The van der Waals surface area contributed by atoms with E-state index >= 15 is 0 Å². The van der Waals surface area contributed by atoms with Gasteiger partial charge in [-0.2, -0.15) is 0 Å². The van der Waals surface area contributed by atoms with Crippen molar-refractivity contribution in [2.45, 2.75) is 39.3 Å². The van der Waals surface area contributed by atoms with Crippen LogP contribution in [0.4, 0.5) is 0 Å². The van der Waals surface area contributed by atoms with Gasteiger partial charge in [0, 0.05) is 13.1 Å². The van der Waals surface area contributed by atoms with Crippen LogP contribution in [-0.2, 0) is 16.1 Å². The van der Waals surface area contributed by atoms with Crippen molar-refractivity contribution < 1.29 is 14.3 Å². The predicted molar refractivity (Wildman–Crippen MR) is 106 cm³/mol. The van der Waals surface area contributed by atoms with Gasteiger partial charge in [-0.05, 0) is 31.0 Å². The monoisotopic (exact) mass is 368 g/mol. The SMILES string of the molecule is CCCCNC(=O)[C@H](C)N(Cc1ccccc1)C(=O)COc1ccccc1. The van der Waals surface area contributed by atoms with Crippen LogP contribution in [0.5, 0.6) is 5.75 Å². The van der Waals surface area contributed by atoms with Gasteiger partial charge in [0.05, 0.1) is 0 Å². The number of benzene rings is 2. The van der Waals surface area contributed by atoms with E-state index in [1.807, 2.05) is 48.5 Å². The van der Waals surface area contributed by atoms with E-state index in [0.29, 0.717) is 18.8 Å². The maximum absolute atomic E-state index is 12.8. The zero-order chi connectivity index (χ0) is 19.5. The molecule has 27 heavy (non-hydrogen) atoms. The number of carbonyl (C=O) groups excluding carboxylic acids is 2. The average Bonchev–Trinajstić information content (AvgIpc) is 2.71. The third-order valence-corrected chi connectivity index (χ3v) is 4.30. The second-order valence-electron chi connectivity index (χ2n) is 6.43. The van der Waals surface area contributed by atoms with Crippen LogP contribution in [0, 0.1) is 0 Å². The predicted octanol–water partition coefficient (Wildman–Crippen LogP) is 3.40. The molecular weight excluding hydrogens is 340 g/mol. The van der Waals surface area contributed by atoms with Gasteiger partial charge in [-0.15, -0.1) is 0 Å². The van der Waals surface area contributed by atoms with Crippen LogP contribution < -0.4 is 10.1 Å². The van der Waals surface area contributed by atoms with Gasteiger partial charge in [0.2, 0.25) is 5.91 Å². The molecule has 0 saturated carbocycles. The third-order valence-electron chi connectivity index (χ3n) is 4.30. The summed E-state index contributed by atoms with van der Waals surface area (Å²) >= 11 is 0. The zero-order valence-electron chi connectivity index (χ0n) is 16.1.